The van der Waals surface area contributed by atoms with Crippen molar-refractivity contribution in [1.29, 1.82) is 0 Å². The van der Waals surface area contributed by atoms with E-state index in [4.69, 9.17) is 0 Å². The van der Waals surface area contributed by atoms with Crippen molar-refractivity contribution < 1.29 is 4.79 Å². The summed E-state index contributed by atoms with van der Waals surface area (Å²) in [4.78, 5) is 11.9. The first kappa shape index (κ1) is 27.5. The fraction of sp³-hybridized carbons (Fsp3) is 0.118. The molecule has 5 nitrogen and oxygen atoms in total. The lowest BCUT2D eigenvalue weighted by Gasteiger charge is -2.11. The number of fused-ring (bicyclic) bond motifs is 4. The van der Waals surface area contributed by atoms with Gasteiger partial charge in [-0.05, 0) is 76.1 Å². The molecule has 0 spiro atoms. The molecule has 6 aromatic carbocycles. The Balaban J connectivity index is 0.000000165. The number of Topliss-reactive ketones (excluding diaryl/α,β-unsaturated/α-hetero) is 1. The number of rotatable bonds is 3. The number of hydrazine groups is 1. The van der Waals surface area contributed by atoms with Crippen LogP contribution < -0.4 is 16.7 Å². The van der Waals surface area contributed by atoms with E-state index in [9.17, 15) is 4.79 Å². The maximum atomic E-state index is 11.9. The van der Waals surface area contributed by atoms with Crippen LogP contribution >= 0.6 is 0 Å². The topological polar surface area (TPSA) is 79.5 Å². The molecule has 0 saturated heterocycles. The van der Waals surface area contributed by atoms with Gasteiger partial charge in [-0.15, -0.1) is 0 Å². The lowest BCUT2D eigenvalue weighted by Crippen LogP contribution is -2.13. The van der Waals surface area contributed by atoms with Crippen LogP contribution in [0.5, 0.6) is 0 Å². The van der Waals surface area contributed by atoms with Crippen molar-refractivity contribution in [2.75, 3.05) is 14.1 Å². The van der Waals surface area contributed by atoms with Gasteiger partial charge in [-0.2, -0.15) is 5.10 Å². The van der Waals surface area contributed by atoms with E-state index in [0.717, 1.165) is 32.8 Å². The SMILES string of the molecule is CC(=O)c1c2ccccc2cc2ccccc12.CN/N=C(/C)c1c2ccccc2cc2ccccc12.CNN. The minimum atomic E-state index is 0.123. The van der Waals surface area contributed by atoms with Crippen LogP contribution in [0.15, 0.2) is 114 Å². The smallest absolute Gasteiger partial charge is 0.161 e. The molecule has 0 bridgehead atoms. The zero-order chi connectivity index (χ0) is 27.8. The van der Waals surface area contributed by atoms with Crippen LogP contribution in [0.2, 0.25) is 0 Å². The molecule has 0 unspecified atom stereocenters. The lowest BCUT2D eigenvalue weighted by molar-refractivity contribution is 0.102. The van der Waals surface area contributed by atoms with E-state index in [1.807, 2.05) is 62.5 Å². The highest BCUT2D eigenvalue weighted by Gasteiger charge is 2.11. The maximum Gasteiger partial charge on any atom is 0.161 e. The Kier molecular flexibility index (Phi) is 9.00. The third-order valence-corrected chi connectivity index (χ3v) is 6.54. The van der Waals surface area contributed by atoms with Crippen LogP contribution in [-0.2, 0) is 0 Å². The molecule has 4 N–H and O–H groups in total. The van der Waals surface area contributed by atoms with Gasteiger partial charge in [0.25, 0.3) is 0 Å². The van der Waals surface area contributed by atoms with Gasteiger partial charge in [0, 0.05) is 18.2 Å². The number of hydrogen-bond donors (Lipinski definition) is 3. The van der Waals surface area contributed by atoms with Crippen LogP contribution in [0, 0.1) is 0 Å². The number of carbonyl (C=O) groups is 1. The van der Waals surface area contributed by atoms with Crippen LogP contribution in [0.4, 0.5) is 0 Å². The molecule has 0 atom stereocenters. The predicted octanol–water partition coefficient (Wildman–Crippen LogP) is 7.21. The summed E-state index contributed by atoms with van der Waals surface area (Å²) in [5.41, 5.74) is 8.19. The van der Waals surface area contributed by atoms with Gasteiger partial charge in [-0.25, -0.2) is 0 Å². The second-order valence-corrected chi connectivity index (χ2v) is 9.15. The number of hydrazone groups is 1. The molecule has 6 aromatic rings. The highest BCUT2D eigenvalue weighted by molar-refractivity contribution is 6.20. The third-order valence-electron chi connectivity index (χ3n) is 6.54. The molecule has 196 valence electrons. The second-order valence-electron chi connectivity index (χ2n) is 9.15. The number of nitrogens with one attached hydrogen (secondary N) is 2. The zero-order valence-corrected chi connectivity index (χ0v) is 22.8. The Hall–Kier alpha value is -4.58. The van der Waals surface area contributed by atoms with Crippen LogP contribution in [0.1, 0.15) is 29.8 Å². The predicted molar refractivity (Wildman–Crippen MR) is 167 cm³/mol. The van der Waals surface area contributed by atoms with E-state index in [0.29, 0.717) is 0 Å². The number of nitrogens with two attached hydrogens (primary N) is 1. The van der Waals surface area contributed by atoms with Gasteiger partial charge in [-0.3, -0.25) is 16.1 Å². The highest BCUT2D eigenvalue weighted by atomic mass is 16.1. The summed E-state index contributed by atoms with van der Waals surface area (Å²) >= 11 is 0. The van der Waals surface area contributed by atoms with Crippen molar-refractivity contribution in [2.24, 2.45) is 10.9 Å². The van der Waals surface area contributed by atoms with E-state index in [1.54, 1.807) is 14.0 Å². The van der Waals surface area contributed by atoms with Crippen molar-refractivity contribution in [3.8, 4) is 0 Å². The van der Waals surface area contributed by atoms with Crippen molar-refractivity contribution in [2.45, 2.75) is 13.8 Å². The summed E-state index contributed by atoms with van der Waals surface area (Å²) in [6, 6.07) is 37.4. The molecule has 0 saturated carbocycles. The van der Waals surface area contributed by atoms with E-state index < -0.39 is 0 Å². The summed E-state index contributed by atoms with van der Waals surface area (Å²) < 4.78 is 0. The molecule has 0 heterocycles. The fourth-order valence-electron chi connectivity index (χ4n) is 5.02. The van der Waals surface area contributed by atoms with Gasteiger partial charge in [0.2, 0.25) is 0 Å². The van der Waals surface area contributed by atoms with Gasteiger partial charge in [-0.1, -0.05) is 97.1 Å². The van der Waals surface area contributed by atoms with Crippen molar-refractivity contribution in [3.05, 3.63) is 120 Å². The first-order chi connectivity index (χ1) is 19.0. The molecular weight excluding hydrogens is 480 g/mol. The molecule has 0 aromatic heterocycles. The fourth-order valence-corrected chi connectivity index (χ4v) is 5.02. The van der Waals surface area contributed by atoms with Crippen molar-refractivity contribution in [3.63, 3.8) is 0 Å². The maximum absolute atomic E-state index is 11.9. The minimum Gasteiger partial charge on any atom is -0.313 e. The molecule has 6 rings (SSSR count). The Morgan fingerprint density at radius 2 is 0.897 bits per heavy atom. The van der Waals surface area contributed by atoms with E-state index in [1.165, 1.54) is 27.1 Å². The number of hydrogen-bond acceptors (Lipinski definition) is 5. The first-order valence-electron chi connectivity index (χ1n) is 12.9. The molecule has 0 radical (unpaired) electrons. The van der Waals surface area contributed by atoms with Gasteiger partial charge in [0.15, 0.2) is 5.78 Å². The van der Waals surface area contributed by atoms with Gasteiger partial charge >= 0.3 is 0 Å². The zero-order valence-electron chi connectivity index (χ0n) is 22.8. The molecule has 0 aliphatic heterocycles. The molecule has 0 aliphatic rings. The van der Waals surface area contributed by atoms with E-state index >= 15 is 0 Å². The largest absolute Gasteiger partial charge is 0.313 e. The van der Waals surface area contributed by atoms with Gasteiger partial charge in [0.1, 0.15) is 0 Å². The van der Waals surface area contributed by atoms with Gasteiger partial charge < -0.3 is 5.43 Å². The van der Waals surface area contributed by atoms with Crippen LogP contribution in [-0.4, -0.2) is 25.6 Å². The average molecular weight is 515 g/mol. The summed E-state index contributed by atoms with van der Waals surface area (Å²) in [7, 11) is 3.48. The molecule has 0 aliphatic carbocycles. The number of carbonyl (C=O) groups excluding carboxylic acids is 1. The van der Waals surface area contributed by atoms with Crippen molar-refractivity contribution >= 4 is 54.6 Å². The van der Waals surface area contributed by atoms with E-state index in [2.05, 4.69) is 82.5 Å². The highest BCUT2D eigenvalue weighted by Crippen LogP contribution is 2.30. The second kappa shape index (κ2) is 12.8. The lowest BCUT2D eigenvalue weighted by atomic mass is 9.94. The van der Waals surface area contributed by atoms with Crippen LogP contribution in [0.3, 0.4) is 0 Å². The number of ketones is 1. The Morgan fingerprint density at radius 3 is 1.21 bits per heavy atom. The summed E-state index contributed by atoms with van der Waals surface area (Å²) in [6.07, 6.45) is 0. The average Bonchev–Trinajstić information content (AvgIpc) is 2.95. The monoisotopic (exact) mass is 514 g/mol. The number of nitrogens with zero attached hydrogens (tertiary/aromatic N) is 1. The van der Waals surface area contributed by atoms with Gasteiger partial charge in [0.05, 0.1) is 5.71 Å². The first-order valence-corrected chi connectivity index (χ1v) is 12.9. The quantitative estimate of drug-likeness (QED) is 0.0766. The van der Waals surface area contributed by atoms with Crippen molar-refractivity contribution in [1.82, 2.24) is 10.9 Å². The number of benzene rings is 6. The summed E-state index contributed by atoms with van der Waals surface area (Å²) in [6.45, 7) is 3.68. The normalized spacial score (nSPS) is 11.1. The summed E-state index contributed by atoms with van der Waals surface area (Å²) in [5, 5.41) is 13.7. The molecule has 39 heavy (non-hydrogen) atoms. The Bertz CT molecular complexity index is 1680. The Morgan fingerprint density at radius 1 is 0.590 bits per heavy atom. The molecule has 5 heteroatoms. The third kappa shape index (κ3) is 5.96. The van der Waals surface area contributed by atoms with Crippen LogP contribution in [0.25, 0.3) is 43.1 Å². The molecule has 0 fully saturated rings. The van der Waals surface area contributed by atoms with E-state index in [-0.39, 0.29) is 5.78 Å². The minimum absolute atomic E-state index is 0.123. The Labute approximate surface area is 229 Å². The molecular formula is C34H34N4O. The molecule has 0 amide bonds. The summed E-state index contributed by atoms with van der Waals surface area (Å²) in [5.74, 6) is 4.72. The standard InChI is InChI=1S/C17H16N2.C16H12O.CH6N2/c1-12(19-18-2)17-15-9-5-3-7-13(15)11-14-8-4-6-10-16(14)17;1-11(17)16-14-8-4-2-6-12(14)10-13-7-3-5-9-15(13)16;1-3-2/h3-11,18H,1-2H3;2-10H,1H3;3H,2H2,1H3/b19-12-;;.